The molecule has 16 heteroatoms. The second-order valence-corrected chi connectivity index (χ2v) is 9.79. The number of nitrogens with two attached hydrogens (primary N) is 1. The van der Waals surface area contributed by atoms with Crippen molar-refractivity contribution in [1.82, 2.24) is 15.2 Å². The molecular weight excluding hydrogens is 529 g/mol. The molecule has 2 amide bonds. The van der Waals surface area contributed by atoms with E-state index in [0.29, 0.717) is 5.57 Å². The Morgan fingerprint density at radius 3 is 2.83 bits per heavy atom. The summed E-state index contributed by atoms with van der Waals surface area (Å²) in [6.45, 7) is 0. The van der Waals surface area contributed by atoms with Crippen LogP contribution in [0.1, 0.15) is 16.2 Å². The molecule has 0 aliphatic carbocycles. The SMILES string of the molecule is CO/N=C(/C(=O)NC1C(=O)N2C(C(=O)[O-])=C(CSC(=O)c3ccco3)CSC12)c1csc(N)n1.[Na+]. The average Bonchev–Trinajstić information content (AvgIpc) is 3.50. The maximum Gasteiger partial charge on any atom is 1.00 e. The summed E-state index contributed by atoms with van der Waals surface area (Å²) in [5.74, 6) is -2.48. The van der Waals surface area contributed by atoms with Crippen LogP contribution < -0.4 is 45.7 Å². The van der Waals surface area contributed by atoms with E-state index in [-0.39, 0.29) is 74.2 Å². The van der Waals surface area contributed by atoms with Gasteiger partial charge in [-0.1, -0.05) is 16.9 Å². The number of oxime groups is 1. The number of hydrogen-bond donors (Lipinski definition) is 2. The Labute approximate surface area is 233 Å². The van der Waals surface area contributed by atoms with Crippen molar-refractivity contribution in [3.63, 3.8) is 0 Å². The largest absolute Gasteiger partial charge is 1.00 e. The molecule has 2 aliphatic heterocycles. The maximum absolute atomic E-state index is 12.8. The van der Waals surface area contributed by atoms with Crippen molar-refractivity contribution >= 4 is 68.6 Å². The van der Waals surface area contributed by atoms with Gasteiger partial charge in [0.25, 0.3) is 16.9 Å². The molecule has 2 unspecified atom stereocenters. The Bertz CT molecular complexity index is 1210. The zero-order chi connectivity index (χ0) is 24.4. The monoisotopic (exact) mass is 545 g/mol. The number of aliphatic carboxylic acids is 1. The van der Waals surface area contributed by atoms with E-state index in [9.17, 15) is 24.3 Å². The quantitative estimate of drug-likeness (QED) is 0.146. The Morgan fingerprint density at radius 2 is 2.23 bits per heavy atom. The topological polar surface area (TPSA) is 180 Å². The summed E-state index contributed by atoms with van der Waals surface area (Å²) in [6, 6.07) is 2.08. The number of furan rings is 1. The zero-order valence-electron chi connectivity index (χ0n) is 18.4. The number of rotatable bonds is 8. The number of β-lactam (4-membered cyclic amide) rings is 1. The van der Waals surface area contributed by atoms with E-state index in [4.69, 9.17) is 15.0 Å². The van der Waals surface area contributed by atoms with Gasteiger partial charge in [-0.15, -0.1) is 23.1 Å². The maximum atomic E-state index is 12.8. The molecule has 3 N–H and O–H groups in total. The van der Waals surface area contributed by atoms with Crippen molar-refractivity contribution in [2.24, 2.45) is 5.16 Å². The zero-order valence-corrected chi connectivity index (χ0v) is 22.8. The predicted molar refractivity (Wildman–Crippen MR) is 123 cm³/mol. The minimum atomic E-state index is -1.54. The number of carbonyl (C=O) groups is 4. The summed E-state index contributed by atoms with van der Waals surface area (Å²) in [4.78, 5) is 59.4. The van der Waals surface area contributed by atoms with E-state index in [1.165, 1.54) is 36.6 Å². The van der Waals surface area contributed by atoms with E-state index in [1.54, 1.807) is 6.07 Å². The third-order valence-electron chi connectivity index (χ3n) is 4.79. The molecule has 4 rings (SSSR count). The van der Waals surface area contributed by atoms with Gasteiger partial charge in [-0.25, -0.2) is 4.98 Å². The number of anilines is 1. The summed E-state index contributed by atoms with van der Waals surface area (Å²) < 4.78 is 5.04. The number of carbonyl (C=O) groups excluding carboxylic acids is 4. The fraction of sp³-hybridized carbons (Fsp3) is 0.263. The van der Waals surface area contributed by atoms with Gasteiger partial charge in [0, 0.05) is 16.9 Å². The molecule has 0 aromatic carbocycles. The number of carboxylic acids is 1. The van der Waals surface area contributed by atoms with Crippen molar-refractivity contribution in [3.8, 4) is 0 Å². The Morgan fingerprint density at radius 1 is 1.46 bits per heavy atom. The molecule has 0 spiro atoms. The minimum absolute atomic E-state index is 0. The molecule has 2 aromatic rings. The van der Waals surface area contributed by atoms with Crippen LogP contribution in [-0.4, -0.2) is 68.5 Å². The van der Waals surface area contributed by atoms with Crippen LogP contribution >= 0.6 is 34.9 Å². The second kappa shape index (κ2) is 11.6. The van der Waals surface area contributed by atoms with Crippen LogP contribution in [0, 0.1) is 0 Å². The first-order chi connectivity index (χ1) is 16.3. The van der Waals surface area contributed by atoms with Gasteiger partial charge < -0.3 is 30.2 Å². The molecule has 0 saturated carbocycles. The van der Waals surface area contributed by atoms with Gasteiger partial charge in [0.05, 0.1) is 17.9 Å². The number of fused-ring (bicyclic) bond motifs is 1. The average molecular weight is 546 g/mol. The normalized spacial score (nSPS) is 19.4. The van der Waals surface area contributed by atoms with Crippen LogP contribution in [-0.2, 0) is 19.2 Å². The van der Waals surface area contributed by atoms with Crippen molar-refractivity contribution in [1.29, 1.82) is 0 Å². The number of thioether (sulfide) groups is 2. The number of nitrogen functional groups attached to an aromatic ring is 1. The first-order valence-electron chi connectivity index (χ1n) is 9.53. The van der Waals surface area contributed by atoms with Crippen LogP contribution in [0.5, 0.6) is 0 Å². The molecule has 178 valence electrons. The molecule has 0 radical (unpaired) electrons. The first-order valence-corrected chi connectivity index (χ1v) is 12.4. The summed E-state index contributed by atoms with van der Waals surface area (Å²) in [7, 11) is 1.25. The molecule has 0 bridgehead atoms. The van der Waals surface area contributed by atoms with E-state index in [0.717, 1.165) is 28.0 Å². The fourth-order valence-electron chi connectivity index (χ4n) is 3.30. The Hall–Kier alpha value is -2.30. The van der Waals surface area contributed by atoms with Gasteiger partial charge in [-0.3, -0.25) is 19.3 Å². The van der Waals surface area contributed by atoms with E-state index in [1.807, 2.05) is 0 Å². The number of nitrogens with one attached hydrogen (secondary N) is 1. The van der Waals surface area contributed by atoms with Crippen molar-refractivity contribution < 1.29 is 63.1 Å². The van der Waals surface area contributed by atoms with Crippen molar-refractivity contribution in [3.05, 3.63) is 46.5 Å². The molecule has 35 heavy (non-hydrogen) atoms. The molecular formula is C19H16N5NaO7S3. The van der Waals surface area contributed by atoms with Gasteiger partial charge in [0.2, 0.25) is 0 Å². The van der Waals surface area contributed by atoms with Gasteiger partial charge in [-0.2, -0.15) is 0 Å². The molecule has 2 atom stereocenters. The number of nitrogens with zero attached hydrogens (tertiary/aromatic N) is 3. The Kier molecular flexibility index (Phi) is 9.06. The van der Waals surface area contributed by atoms with Crippen LogP contribution in [0.4, 0.5) is 5.13 Å². The molecule has 1 fully saturated rings. The van der Waals surface area contributed by atoms with Crippen LogP contribution in [0.2, 0.25) is 0 Å². The van der Waals surface area contributed by atoms with E-state index >= 15 is 0 Å². The fourth-order valence-corrected chi connectivity index (χ4v) is 6.13. The molecule has 4 heterocycles. The van der Waals surface area contributed by atoms with Crippen LogP contribution in [0.25, 0.3) is 0 Å². The van der Waals surface area contributed by atoms with Crippen LogP contribution in [0.3, 0.4) is 0 Å². The first kappa shape index (κ1) is 27.3. The molecule has 2 aliphatic rings. The number of aromatic nitrogens is 1. The minimum Gasteiger partial charge on any atom is -0.543 e. The smallest absolute Gasteiger partial charge is 0.543 e. The van der Waals surface area contributed by atoms with Gasteiger partial charge in [-0.05, 0) is 17.7 Å². The van der Waals surface area contributed by atoms with Gasteiger partial charge in [0.15, 0.2) is 16.6 Å². The third-order valence-corrected chi connectivity index (χ3v) is 7.76. The van der Waals surface area contributed by atoms with Crippen molar-refractivity contribution in [2.45, 2.75) is 11.4 Å². The predicted octanol–water partition coefficient (Wildman–Crippen LogP) is -3.35. The van der Waals surface area contributed by atoms with Crippen molar-refractivity contribution in [2.75, 3.05) is 24.3 Å². The summed E-state index contributed by atoms with van der Waals surface area (Å²) in [6.07, 6.45) is 1.36. The number of amides is 2. The number of hydrogen-bond acceptors (Lipinski definition) is 13. The summed E-state index contributed by atoms with van der Waals surface area (Å²) in [5.41, 5.74) is 5.68. The third kappa shape index (κ3) is 5.59. The summed E-state index contributed by atoms with van der Waals surface area (Å²) >= 11 is 3.22. The van der Waals surface area contributed by atoms with Gasteiger partial charge >= 0.3 is 29.6 Å². The second-order valence-electron chi connectivity index (χ2n) is 6.85. The molecule has 12 nitrogen and oxygen atoms in total. The standard InChI is InChI=1S/C19H17N5O7S3.Na/c1-30-23-11(9-7-34-19(20)21-9)14(25)22-12-15(26)24-13(17(27)28)8(5-32-16(12)24)6-33-18(29)10-3-2-4-31-10;/h2-4,7,12,16H,5-6H2,1H3,(H2,20,21)(H,22,25)(H,27,28);/q;+1/p-1/b23-11+;. The number of thiazole rings is 1. The number of carboxylic acid groups (broad SMARTS) is 1. The molecule has 2 aromatic heterocycles. The van der Waals surface area contributed by atoms with Crippen LogP contribution in [0.15, 0.2) is 44.6 Å². The molecule has 1 saturated heterocycles. The Balaban J connectivity index is 0.00000342. The van der Waals surface area contributed by atoms with E-state index < -0.39 is 29.2 Å². The van der Waals surface area contributed by atoms with E-state index in [2.05, 4.69) is 15.5 Å². The van der Waals surface area contributed by atoms with Gasteiger partial charge in [0.1, 0.15) is 24.2 Å². The summed E-state index contributed by atoms with van der Waals surface area (Å²) in [5, 5.41) is 18.8.